The quantitative estimate of drug-likeness (QED) is 0.854. The molecule has 3 rings (SSSR count). The topological polar surface area (TPSA) is 69.6 Å². The van der Waals surface area contributed by atoms with Gasteiger partial charge in [-0.1, -0.05) is 13.8 Å². The Bertz CT molecular complexity index is 577. The Kier molecular flexibility index (Phi) is 2.69. The van der Waals surface area contributed by atoms with Crippen molar-refractivity contribution >= 4 is 28.6 Å². The maximum Gasteiger partial charge on any atom is 0.163 e. The van der Waals surface area contributed by atoms with Crippen molar-refractivity contribution in [1.29, 1.82) is 0 Å². The predicted octanol–water partition coefficient (Wildman–Crippen LogP) is 2.26. The first-order valence-electron chi connectivity index (χ1n) is 6.14. The highest BCUT2D eigenvalue weighted by Gasteiger charge is 2.31. The van der Waals surface area contributed by atoms with E-state index in [4.69, 9.17) is 5.73 Å². The van der Waals surface area contributed by atoms with Crippen molar-refractivity contribution in [2.75, 3.05) is 11.5 Å². The molecule has 1 unspecified atom stereocenters. The van der Waals surface area contributed by atoms with Gasteiger partial charge in [-0.15, -0.1) is 0 Å². The van der Waals surface area contributed by atoms with Crippen LogP contribution in [-0.2, 0) is 0 Å². The van der Waals surface area contributed by atoms with Crippen LogP contribution in [0.1, 0.15) is 32.7 Å². The van der Waals surface area contributed by atoms with E-state index in [0.29, 0.717) is 16.6 Å². The Morgan fingerprint density at radius 1 is 1.44 bits per heavy atom. The van der Waals surface area contributed by atoms with Crippen molar-refractivity contribution in [3.05, 3.63) is 12.5 Å². The standard InChI is InChI=1S/C12H17N5S/c1-12(2)5-8(3-4-18-12)17-11-9(6-16-17)10(13)14-7-15-11/h6-8H,3-5H2,1-2H3,(H2,13,14,15). The summed E-state index contributed by atoms with van der Waals surface area (Å²) in [6, 6.07) is 0.410. The Labute approximate surface area is 110 Å². The lowest BCUT2D eigenvalue weighted by molar-refractivity contribution is 0.377. The normalized spacial score (nSPS) is 23.3. The van der Waals surface area contributed by atoms with Crippen LogP contribution in [0.15, 0.2) is 12.5 Å². The van der Waals surface area contributed by atoms with Crippen molar-refractivity contribution in [3.8, 4) is 0 Å². The van der Waals surface area contributed by atoms with Gasteiger partial charge in [0.05, 0.1) is 17.6 Å². The Hall–Kier alpha value is -1.30. The van der Waals surface area contributed by atoms with Gasteiger partial charge in [0.1, 0.15) is 12.1 Å². The highest BCUT2D eigenvalue weighted by Crippen LogP contribution is 2.41. The molecule has 1 atom stereocenters. The number of hydrogen-bond donors (Lipinski definition) is 1. The number of nitrogens with zero attached hydrogens (tertiary/aromatic N) is 4. The Balaban J connectivity index is 2.02. The lowest BCUT2D eigenvalue weighted by Gasteiger charge is -2.34. The van der Waals surface area contributed by atoms with Crippen molar-refractivity contribution in [2.45, 2.75) is 37.5 Å². The van der Waals surface area contributed by atoms with Gasteiger partial charge in [-0.3, -0.25) is 0 Å². The van der Waals surface area contributed by atoms with Gasteiger partial charge in [-0.2, -0.15) is 16.9 Å². The molecule has 1 fully saturated rings. The lowest BCUT2D eigenvalue weighted by atomic mass is 10.00. The van der Waals surface area contributed by atoms with E-state index in [1.807, 2.05) is 16.4 Å². The van der Waals surface area contributed by atoms with Crippen LogP contribution in [0.5, 0.6) is 0 Å². The second-order valence-electron chi connectivity index (χ2n) is 5.34. The molecule has 0 bridgehead atoms. The summed E-state index contributed by atoms with van der Waals surface area (Å²) in [7, 11) is 0. The highest BCUT2D eigenvalue weighted by atomic mass is 32.2. The van der Waals surface area contributed by atoms with E-state index in [2.05, 4.69) is 28.9 Å². The summed E-state index contributed by atoms with van der Waals surface area (Å²) in [5.74, 6) is 1.68. The summed E-state index contributed by atoms with van der Waals surface area (Å²) in [5.41, 5.74) is 6.70. The fraction of sp³-hybridized carbons (Fsp3) is 0.583. The molecule has 1 aliphatic heterocycles. The maximum atomic E-state index is 5.84. The fourth-order valence-corrected chi connectivity index (χ4v) is 3.81. The first-order valence-corrected chi connectivity index (χ1v) is 7.13. The van der Waals surface area contributed by atoms with Crippen LogP contribution in [0, 0.1) is 0 Å². The van der Waals surface area contributed by atoms with Gasteiger partial charge in [0, 0.05) is 4.75 Å². The van der Waals surface area contributed by atoms with Crippen LogP contribution < -0.4 is 5.73 Å². The van der Waals surface area contributed by atoms with Crippen LogP contribution in [0.25, 0.3) is 11.0 Å². The minimum absolute atomic E-state index is 0.305. The fourth-order valence-electron chi connectivity index (χ4n) is 2.56. The van der Waals surface area contributed by atoms with E-state index < -0.39 is 0 Å². The molecule has 2 aromatic heterocycles. The minimum Gasteiger partial charge on any atom is -0.383 e. The van der Waals surface area contributed by atoms with Gasteiger partial charge in [-0.05, 0) is 18.6 Å². The van der Waals surface area contributed by atoms with Crippen LogP contribution in [0.4, 0.5) is 5.82 Å². The SMILES string of the molecule is CC1(C)CC(n2ncc3c(N)ncnc32)CCS1. The van der Waals surface area contributed by atoms with E-state index in [1.165, 1.54) is 12.1 Å². The number of nitrogen functional groups attached to an aromatic ring is 1. The van der Waals surface area contributed by atoms with Crippen molar-refractivity contribution in [1.82, 2.24) is 19.7 Å². The van der Waals surface area contributed by atoms with Gasteiger partial charge in [0.2, 0.25) is 0 Å². The van der Waals surface area contributed by atoms with Gasteiger partial charge >= 0.3 is 0 Å². The zero-order valence-corrected chi connectivity index (χ0v) is 11.4. The largest absolute Gasteiger partial charge is 0.383 e. The van der Waals surface area contributed by atoms with E-state index in [9.17, 15) is 0 Å². The van der Waals surface area contributed by atoms with Crippen LogP contribution in [0.3, 0.4) is 0 Å². The first-order chi connectivity index (χ1) is 8.57. The monoisotopic (exact) mass is 263 g/mol. The zero-order chi connectivity index (χ0) is 12.8. The number of aromatic nitrogens is 4. The lowest BCUT2D eigenvalue weighted by Crippen LogP contribution is -2.28. The molecule has 0 spiro atoms. The van der Waals surface area contributed by atoms with E-state index in [-0.39, 0.29) is 0 Å². The highest BCUT2D eigenvalue weighted by molar-refractivity contribution is 8.00. The molecule has 5 nitrogen and oxygen atoms in total. The predicted molar refractivity (Wildman–Crippen MR) is 74.5 cm³/mol. The molecule has 0 saturated carbocycles. The molecule has 18 heavy (non-hydrogen) atoms. The smallest absolute Gasteiger partial charge is 0.163 e. The summed E-state index contributed by atoms with van der Waals surface area (Å²) in [6.45, 7) is 4.58. The van der Waals surface area contributed by atoms with Crippen LogP contribution in [0.2, 0.25) is 0 Å². The molecule has 2 aromatic rings. The number of anilines is 1. The number of thioether (sulfide) groups is 1. The van der Waals surface area contributed by atoms with Crippen molar-refractivity contribution in [2.24, 2.45) is 0 Å². The first kappa shape index (κ1) is 11.8. The average Bonchev–Trinajstić information content (AvgIpc) is 2.73. The van der Waals surface area contributed by atoms with E-state index in [0.717, 1.165) is 23.9 Å². The molecule has 0 aliphatic carbocycles. The molecule has 1 saturated heterocycles. The molecule has 0 radical (unpaired) electrons. The van der Waals surface area contributed by atoms with Crippen molar-refractivity contribution < 1.29 is 0 Å². The molecule has 2 N–H and O–H groups in total. The summed E-state index contributed by atoms with van der Waals surface area (Å²) in [4.78, 5) is 8.33. The molecule has 0 amide bonds. The molecule has 1 aliphatic rings. The van der Waals surface area contributed by atoms with Gasteiger partial charge in [0.25, 0.3) is 0 Å². The summed E-state index contributed by atoms with van der Waals surface area (Å²) in [5, 5.41) is 5.33. The number of hydrogen-bond acceptors (Lipinski definition) is 5. The summed E-state index contributed by atoms with van der Waals surface area (Å²) < 4.78 is 2.33. The second kappa shape index (κ2) is 4.12. The molecule has 0 aromatic carbocycles. The third kappa shape index (κ3) is 1.94. The molecule has 96 valence electrons. The summed E-state index contributed by atoms with van der Waals surface area (Å²) >= 11 is 2.03. The third-order valence-corrected chi connectivity index (χ3v) is 4.83. The maximum absolute atomic E-state index is 5.84. The molecule has 6 heteroatoms. The summed E-state index contributed by atoms with van der Waals surface area (Å²) in [6.07, 6.45) is 5.53. The van der Waals surface area contributed by atoms with Crippen molar-refractivity contribution in [3.63, 3.8) is 0 Å². The molecule has 3 heterocycles. The van der Waals surface area contributed by atoms with Crippen LogP contribution >= 0.6 is 11.8 Å². The third-order valence-electron chi connectivity index (χ3n) is 3.44. The Morgan fingerprint density at radius 2 is 2.28 bits per heavy atom. The molecular weight excluding hydrogens is 246 g/mol. The Morgan fingerprint density at radius 3 is 3.06 bits per heavy atom. The average molecular weight is 263 g/mol. The number of rotatable bonds is 1. The van der Waals surface area contributed by atoms with Gasteiger partial charge in [0.15, 0.2) is 5.65 Å². The number of nitrogens with two attached hydrogens (primary N) is 1. The number of fused-ring (bicyclic) bond motifs is 1. The minimum atomic E-state index is 0.305. The van der Waals surface area contributed by atoms with E-state index >= 15 is 0 Å². The van der Waals surface area contributed by atoms with Crippen LogP contribution in [-0.4, -0.2) is 30.2 Å². The zero-order valence-electron chi connectivity index (χ0n) is 10.6. The molecular formula is C12H17N5S. The second-order valence-corrected chi connectivity index (χ2v) is 7.14. The van der Waals surface area contributed by atoms with E-state index in [1.54, 1.807) is 6.20 Å². The van der Waals surface area contributed by atoms with Gasteiger partial charge in [-0.25, -0.2) is 14.6 Å². The van der Waals surface area contributed by atoms with Gasteiger partial charge < -0.3 is 5.73 Å².